The number of aliphatic hydroxyl groups excluding tert-OH is 1. The quantitative estimate of drug-likeness (QED) is 0.670. The van der Waals surface area contributed by atoms with E-state index in [1.165, 1.54) is 0 Å². The third kappa shape index (κ3) is 2.58. The summed E-state index contributed by atoms with van der Waals surface area (Å²) in [7, 11) is 0. The van der Waals surface area contributed by atoms with Crippen LogP contribution in [-0.4, -0.2) is 15.1 Å². The van der Waals surface area contributed by atoms with E-state index in [-0.39, 0.29) is 6.61 Å². The van der Waals surface area contributed by atoms with Crippen LogP contribution in [0.4, 0.5) is 5.95 Å². The molecule has 0 bridgehead atoms. The number of H-pyrrole nitrogens is 1. The molecule has 0 unspecified atom stereocenters. The molecule has 2 aromatic carbocycles. The van der Waals surface area contributed by atoms with Crippen molar-refractivity contribution in [2.75, 3.05) is 5.32 Å². The summed E-state index contributed by atoms with van der Waals surface area (Å²) in [5, 5.41) is 12.2. The highest BCUT2D eigenvalue weighted by Crippen LogP contribution is 2.14. The number of rotatable bonds is 4. The van der Waals surface area contributed by atoms with Crippen molar-refractivity contribution in [2.24, 2.45) is 0 Å². The Bertz CT molecular complexity index is 640. The molecule has 0 saturated carbocycles. The normalized spacial score (nSPS) is 10.8. The number of aromatic amines is 1. The molecule has 4 nitrogen and oxygen atoms in total. The Kier molecular flexibility index (Phi) is 3.16. The van der Waals surface area contributed by atoms with Gasteiger partial charge in [-0.05, 0) is 23.3 Å². The van der Waals surface area contributed by atoms with Gasteiger partial charge < -0.3 is 15.4 Å². The molecule has 1 aromatic heterocycles. The predicted octanol–water partition coefficient (Wildman–Crippen LogP) is 2.67. The highest BCUT2D eigenvalue weighted by atomic mass is 16.3. The highest BCUT2D eigenvalue weighted by molar-refractivity contribution is 5.77. The van der Waals surface area contributed by atoms with Crippen molar-refractivity contribution in [2.45, 2.75) is 13.2 Å². The van der Waals surface area contributed by atoms with E-state index in [9.17, 15) is 0 Å². The average molecular weight is 253 g/mol. The molecule has 0 amide bonds. The maximum Gasteiger partial charge on any atom is 0.201 e. The lowest BCUT2D eigenvalue weighted by Gasteiger charge is -2.03. The van der Waals surface area contributed by atoms with Crippen molar-refractivity contribution < 1.29 is 5.11 Å². The zero-order chi connectivity index (χ0) is 13.1. The van der Waals surface area contributed by atoms with Gasteiger partial charge in [0.25, 0.3) is 0 Å². The third-order valence-corrected chi connectivity index (χ3v) is 3.05. The van der Waals surface area contributed by atoms with E-state index >= 15 is 0 Å². The number of benzene rings is 2. The Morgan fingerprint density at radius 1 is 1.00 bits per heavy atom. The molecule has 0 aliphatic carbocycles. The van der Waals surface area contributed by atoms with Crippen molar-refractivity contribution in [3.05, 3.63) is 59.7 Å². The summed E-state index contributed by atoms with van der Waals surface area (Å²) in [5.74, 6) is 0.771. The minimum absolute atomic E-state index is 0.0806. The summed E-state index contributed by atoms with van der Waals surface area (Å²) in [6.07, 6.45) is 0. The molecule has 0 saturated heterocycles. The number of imidazole rings is 1. The Hall–Kier alpha value is -2.33. The molecule has 4 heteroatoms. The lowest BCUT2D eigenvalue weighted by atomic mass is 10.1. The molecule has 0 radical (unpaired) electrons. The average Bonchev–Trinajstić information content (AvgIpc) is 2.88. The van der Waals surface area contributed by atoms with Crippen molar-refractivity contribution in [3.8, 4) is 0 Å². The van der Waals surface area contributed by atoms with E-state index in [0.29, 0.717) is 6.54 Å². The molecule has 3 N–H and O–H groups in total. The summed E-state index contributed by atoms with van der Waals surface area (Å²) in [4.78, 5) is 7.68. The zero-order valence-electron chi connectivity index (χ0n) is 10.4. The van der Waals surface area contributed by atoms with Crippen molar-refractivity contribution in [1.29, 1.82) is 0 Å². The SMILES string of the molecule is OCc1ccc(CNc2nc3ccccc3[nH]2)cc1. The first-order chi connectivity index (χ1) is 9.35. The van der Waals surface area contributed by atoms with Gasteiger partial charge in [0.05, 0.1) is 17.6 Å². The van der Waals surface area contributed by atoms with Crippen LogP contribution in [0.1, 0.15) is 11.1 Å². The maximum atomic E-state index is 8.99. The smallest absolute Gasteiger partial charge is 0.201 e. The number of hydrogen-bond acceptors (Lipinski definition) is 3. The van der Waals surface area contributed by atoms with Gasteiger partial charge in [-0.1, -0.05) is 36.4 Å². The van der Waals surface area contributed by atoms with Crippen LogP contribution >= 0.6 is 0 Å². The molecule has 3 rings (SSSR count). The molecule has 3 aromatic rings. The largest absolute Gasteiger partial charge is 0.392 e. The molecular weight excluding hydrogens is 238 g/mol. The van der Waals surface area contributed by atoms with E-state index in [1.807, 2.05) is 48.5 Å². The molecular formula is C15H15N3O. The number of hydrogen-bond donors (Lipinski definition) is 3. The van der Waals surface area contributed by atoms with E-state index in [0.717, 1.165) is 28.1 Å². The molecule has 0 spiro atoms. The number of nitrogens with zero attached hydrogens (tertiary/aromatic N) is 1. The van der Waals surface area contributed by atoms with Crippen LogP contribution in [0, 0.1) is 0 Å². The summed E-state index contributed by atoms with van der Waals surface area (Å²) in [6, 6.07) is 15.8. The van der Waals surface area contributed by atoms with Crippen molar-refractivity contribution in [1.82, 2.24) is 9.97 Å². The Balaban J connectivity index is 1.70. The van der Waals surface area contributed by atoms with Gasteiger partial charge in [-0.25, -0.2) is 4.98 Å². The Morgan fingerprint density at radius 2 is 1.74 bits per heavy atom. The standard InChI is InChI=1S/C15H15N3O/c19-10-12-7-5-11(6-8-12)9-16-15-17-13-3-1-2-4-14(13)18-15/h1-8,19H,9-10H2,(H2,16,17,18). The van der Waals surface area contributed by atoms with Crippen molar-refractivity contribution in [3.63, 3.8) is 0 Å². The van der Waals surface area contributed by atoms with Crippen LogP contribution in [0.25, 0.3) is 11.0 Å². The van der Waals surface area contributed by atoms with E-state index in [1.54, 1.807) is 0 Å². The minimum Gasteiger partial charge on any atom is -0.392 e. The zero-order valence-corrected chi connectivity index (χ0v) is 10.4. The Morgan fingerprint density at radius 3 is 2.47 bits per heavy atom. The monoisotopic (exact) mass is 253 g/mol. The summed E-state index contributed by atoms with van der Waals surface area (Å²) < 4.78 is 0. The van der Waals surface area contributed by atoms with Gasteiger partial charge in [0.1, 0.15) is 0 Å². The molecule has 0 atom stereocenters. The summed E-state index contributed by atoms with van der Waals surface area (Å²) in [5.41, 5.74) is 4.06. The van der Waals surface area contributed by atoms with Gasteiger partial charge in [-0.2, -0.15) is 0 Å². The number of aliphatic hydroxyl groups is 1. The second-order valence-corrected chi connectivity index (χ2v) is 4.43. The predicted molar refractivity (Wildman–Crippen MR) is 75.8 cm³/mol. The molecule has 1 heterocycles. The maximum absolute atomic E-state index is 8.99. The lowest BCUT2D eigenvalue weighted by Crippen LogP contribution is -2.00. The van der Waals surface area contributed by atoms with Gasteiger partial charge in [0, 0.05) is 6.54 Å². The molecule has 0 aliphatic heterocycles. The van der Waals surface area contributed by atoms with Crippen molar-refractivity contribution >= 4 is 17.0 Å². The molecule has 96 valence electrons. The number of para-hydroxylation sites is 2. The fourth-order valence-electron chi connectivity index (χ4n) is 1.98. The fourth-order valence-corrected chi connectivity index (χ4v) is 1.98. The van der Waals surface area contributed by atoms with Crippen LogP contribution < -0.4 is 5.32 Å². The second kappa shape index (κ2) is 5.12. The lowest BCUT2D eigenvalue weighted by molar-refractivity contribution is 0.282. The van der Waals surface area contributed by atoms with E-state index < -0.39 is 0 Å². The molecule has 0 aliphatic rings. The van der Waals surface area contributed by atoms with Gasteiger partial charge >= 0.3 is 0 Å². The van der Waals surface area contributed by atoms with E-state index in [4.69, 9.17) is 5.11 Å². The first kappa shape index (κ1) is 11.7. The number of anilines is 1. The first-order valence-corrected chi connectivity index (χ1v) is 6.22. The topological polar surface area (TPSA) is 60.9 Å². The number of nitrogens with one attached hydrogen (secondary N) is 2. The number of aromatic nitrogens is 2. The fraction of sp³-hybridized carbons (Fsp3) is 0.133. The summed E-state index contributed by atoms with van der Waals surface area (Å²) >= 11 is 0. The third-order valence-electron chi connectivity index (χ3n) is 3.05. The van der Waals surface area contributed by atoms with Gasteiger partial charge in [0.15, 0.2) is 0 Å². The Labute approximate surface area is 111 Å². The van der Waals surface area contributed by atoms with Crippen LogP contribution in [-0.2, 0) is 13.2 Å². The highest BCUT2D eigenvalue weighted by Gasteiger charge is 2.01. The minimum atomic E-state index is 0.0806. The summed E-state index contributed by atoms with van der Waals surface area (Å²) in [6.45, 7) is 0.781. The van der Waals surface area contributed by atoms with Crippen LogP contribution in [0.15, 0.2) is 48.5 Å². The van der Waals surface area contributed by atoms with Crippen LogP contribution in [0.2, 0.25) is 0 Å². The molecule has 0 fully saturated rings. The number of fused-ring (bicyclic) bond motifs is 1. The van der Waals surface area contributed by atoms with Crippen LogP contribution in [0.3, 0.4) is 0 Å². The van der Waals surface area contributed by atoms with E-state index in [2.05, 4.69) is 15.3 Å². The second-order valence-electron chi connectivity index (χ2n) is 4.43. The first-order valence-electron chi connectivity index (χ1n) is 6.22. The van der Waals surface area contributed by atoms with Gasteiger partial charge in [0.2, 0.25) is 5.95 Å². The van der Waals surface area contributed by atoms with Gasteiger partial charge in [-0.3, -0.25) is 0 Å². The van der Waals surface area contributed by atoms with Gasteiger partial charge in [-0.15, -0.1) is 0 Å². The van der Waals surface area contributed by atoms with Crippen LogP contribution in [0.5, 0.6) is 0 Å². The molecule has 19 heavy (non-hydrogen) atoms.